The summed E-state index contributed by atoms with van der Waals surface area (Å²) in [6.45, 7) is 3.48. The number of piperidine rings is 1. The van der Waals surface area contributed by atoms with E-state index in [0.29, 0.717) is 6.54 Å². The number of halogens is 2. The van der Waals surface area contributed by atoms with Crippen molar-refractivity contribution < 1.29 is 12.8 Å². The van der Waals surface area contributed by atoms with Crippen molar-refractivity contribution in [1.82, 2.24) is 9.62 Å². The minimum Gasteiger partial charge on any atom is -0.303 e. The summed E-state index contributed by atoms with van der Waals surface area (Å²) in [4.78, 5) is 2.32. The van der Waals surface area contributed by atoms with Crippen LogP contribution in [-0.2, 0) is 10.0 Å². The van der Waals surface area contributed by atoms with Crippen LogP contribution in [-0.4, -0.2) is 39.5 Å². The van der Waals surface area contributed by atoms with Gasteiger partial charge in [-0.15, -0.1) is 0 Å². The van der Waals surface area contributed by atoms with Crippen LogP contribution in [0.15, 0.2) is 27.6 Å². The van der Waals surface area contributed by atoms with Gasteiger partial charge in [0, 0.05) is 6.54 Å². The molecule has 0 spiro atoms. The Kier molecular flexibility index (Phi) is 6.16. The second-order valence-electron chi connectivity index (χ2n) is 5.23. The smallest absolute Gasteiger partial charge is 0.240 e. The van der Waals surface area contributed by atoms with Crippen molar-refractivity contribution in [3.05, 3.63) is 28.5 Å². The van der Waals surface area contributed by atoms with E-state index in [0.717, 1.165) is 32.1 Å². The van der Waals surface area contributed by atoms with Crippen LogP contribution in [0.1, 0.15) is 25.7 Å². The Hall–Kier alpha value is -0.500. The summed E-state index contributed by atoms with van der Waals surface area (Å²) < 4.78 is 40.3. The summed E-state index contributed by atoms with van der Waals surface area (Å²) in [5.74, 6) is -0.578. The van der Waals surface area contributed by atoms with Crippen LogP contribution in [0.3, 0.4) is 0 Å². The molecule has 0 unspecified atom stereocenters. The average Bonchev–Trinajstić information content (AvgIpc) is 2.47. The van der Waals surface area contributed by atoms with E-state index in [-0.39, 0.29) is 9.37 Å². The number of nitrogens with zero attached hydrogens (tertiary/aromatic N) is 1. The summed E-state index contributed by atoms with van der Waals surface area (Å²) in [7, 11) is -3.63. The highest BCUT2D eigenvalue weighted by Gasteiger charge is 2.16. The van der Waals surface area contributed by atoms with Gasteiger partial charge in [0.05, 0.1) is 9.37 Å². The zero-order valence-corrected chi connectivity index (χ0v) is 14.2. The highest BCUT2D eigenvalue weighted by atomic mass is 79.9. The van der Waals surface area contributed by atoms with E-state index in [1.54, 1.807) is 0 Å². The molecule has 0 atom stereocenters. The van der Waals surface area contributed by atoms with Crippen molar-refractivity contribution >= 4 is 26.0 Å². The molecule has 0 saturated carbocycles. The lowest BCUT2D eigenvalue weighted by atomic mass is 10.1. The number of rotatable bonds is 6. The minimum atomic E-state index is -3.63. The monoisotopic (exact) mass is 378 g/mol. The Bertz CT molecular complexity index is 574. The average molecular weight is 379 g/mol. The van der Waals surface area contributed by atoms with Crippen LogP contribution in [0.5, 0.6) is 0 Å². The van der Waals surface area contributed by atoms with E-state index < -0.39 is 15.8 Å². The first-order chi connectivity index (χ1) is 9.99. The van der Waals surface area contributed by atoms with Gasteiger partial charge in [-0.05, 0) is 73.0 Å². The quantitative estimate of drug-likeness (QED) is 0.774. The molecule has 0 bridgehead atoms. The lowest BCUT2D eigenvalue weighted by molar-refractivity contribution is 0.227. The van der Waals surface area contributed by atoms with Gasteiger partial charge in [-0.25, -0.2) is 17.5 Å². The maximum atomic E-state index is 13.4. The lowest BCUT2D eigenvalue weighted by Crippen LogP contribution is -2.33. The molecule has 7 heteroatoms. The zero-order valence-electron chi connectivity index (χ0n) is 11.8. The largest absolute Gasteiger partial charge is 0.303 e. The van der Waals surface area contributed by atoms with E-state index in [9.17, 15) is 12.8 Å². The summed E-state index contributed by atoms with van der Waals surface area (Å²) in [5, 5.41) is 0. The van der Waals surface area contributed by atoms with Gasteiger partial charge in [0.2, 0.25) is 10.0 Å². The molecule has 0 radical (unpaired) electrons. The molecule has 0 aromatic heterocycles. The number of hydrogen-bond acceptors (Lipinski definition) is 3. The van der Waals surface area contributed by atoms with Crippen LogP contribution in [0.2, 0.25) is 0 Å². The zero-order chi connectivity index (χ0) is 15.3. The number of hydrogen-bond donors (Lipinski definition) is 1. The van der Waals surface area contributed by atoms with Crippen LogP contribution in [0, 0.1) is 5.82 Å². The molecule has 21 heavy (non-hydrogen) atoms. The maximum absolute atomic E-state index is 13.4. The molecule has 1 fully saturated rings. The fourth-order valence-corrected chi connectivity index (χ4v) is 3.75. The van der Waals surface area contributed by atoms with E-state index in [4.69, 9.17) is 0 Å². The van der Waals surface area contributed by atoms with Gasteiger partial charge in [-0.1, -0.05) is 6.42 Å². The molecule has 2 rings (SSSR count). The van der Waals surface area contributed by atoms with E-state index >= 15 is 0 Å². The minimum absolute atomic E-state index is 0.0406. The molecule has 118 valence electrons. The van der Waals surface area contributed by atoms with Crippen molar-refractivity contribution in [3.63, 3.8) is 0 Å². The molecule has 4 nitrogen and oxygen atoms in total. The number of nitrogens with one attached hydrogen (secondary N) is 1. The predicted molar refractivity (Wildman–Crippen MR) is 84.2 cm³/mol. The third-order valence-corrected chi connectivity index (χ3v) is 5.70. The van der Waals surface area contributed by atoms with Gasteiger partial charge >= 0.3 is 0 Å². The third-order valence-electron chi connectivity index (χ3n) is 3.59. The normalized spacial score (nSPS) is 17.0. The van der Waals surface area contributed by atoms with Gasteiger partial charge in [0.15, 0.2) is 0 Å². The number of likely N-dealkylation sites (tertiary alicyclic amines) is 1. The van der Waals surface area contributed by atoms with Gasteiger partial charge in [0.25, 0.3) is 0 Å². The molecular weight excluding hydrogens is 359 g/mol. The van der Waals surface area contributed by atoms with Crippen molar-refractivity contribution in [2.24, 2.45) is 0 Å². The topological polar surface area (TPSA) is 49.4 Å². The van der Waals surface area contributed by atoms with Crippen molar-refractivity contribution in [1.29, 1.82) is 0 Å². The third kappa shape index (κ3) is 5.02. The number of sulfonamides is 1. The van der Waals surface area contributed by atoms with Crippen molar-refractivity contribution in [2.45, 2.75) is 30.6 Å². The van der Waals surface area contributed by atoms with Gasteiger partial charge in [0.1, 0.15) is 5.82 Å². The van der Waals surface area contributed by atoms with Crippen LogP contribution in [0.25, 0.3) is 0 Å². The Morgan fingerprint density at radius 2 is 1.95 bits per heavy atom. The molecule has 1 aromatic carbocycles. The highest BCUT2D eigenvalue weighted by Crippen LogP contribution is 2.19. The molecule has 1 aromatic rings. The van der Waals surface area contributed by atoms with Crippen LogP contribution < -0.4 is 4.72 Å². The Morgan fingerprint density at radius 1 is 1.24 bits per heavy atom. The van der Waals surface area contributed by atoms with E-state index in [1.165, 1.54) is 31.4 Å². The molecule has 1 heterocycles. The van der Waals surface area contributed by atoms with Crippen molar-refractivity contribution in [3.8, 4) is 0 Å². The van der Waals surface area contributed by atoms with Crippen LogP contribution in [0.4, 0.5) is 4.39 Å². The molecule has 0 aliphatic carbocycles. The molecule has 0 amide bonds. The summed E-state index contributed by atoms with van der Waals surface area (Å²) >= 11 is 3.01. The molecular formula is C14H20BrFN2O2S. The first-order valence-corrected chi connectivity index (χ1v) is 9.44. The predicted octanol–water partition coefficient (Wildman–Crippen LogP) is 2.74. The van der Waals surface area contributed by atoms with Crippen molar-refractivity contribution in [2.75, 3.05) is 26.2 Å². The van der Waals surface area contributed by atoms with Gasteiger partial charge in [-0.2, -0.15) is 0 Å². The summed E-state index contributed by atoms with van der Waals surface area (Å²) in [6, 6.07) is 3.81. The fourth-order valence-electron chi connectivity index (χ4n) is 2.42. The fraction of sp³-hybridized carbons (Fsp3) is 0.571. The standard InChI is InChI=1S/C14H20BrFN2O2S/c15-13-6-5-12(11-14(13)16)21(19,20)17-7-4-10-18-8-2-1-3-9-18/h5-6,11,17H,1-4,7-10H2. The van der Waals surface area contributed by atoms with Crippen LogP contribution >= 0.6 is 15.9 Å². The first kappa shape index (κ1) is 16.9. The molecule has 1 aliphatic heterocycles. The Morgan fingerprint density at radius 3 is 2.62 bits per heavy atom. The highest BCUT2D eigenvalue weighted by molar-refractivity contribution is 9.10. The first-order valence-electron chi connectivity index (χ1n) is 7.16. The van der Waals surface area contributed by atoms with Gasteiger partial charge < -0.3 is 4.90 Å². The van der Waals surface area contributed by atoms with E-state index in [1.807, 2.05) is 0 Å². The maximum Gasteiger partial charge on any atom is 0.240 e. The SMILES string of the molecule is O=S(=O)(NCCCN1CCCCC1)c1ccc(Br)c(F)c1. The summed E-state index contributed by atoms with van der Waals surface area (Å²) in [6.07, 6.45) is 4.50. The number of benzene rings is 1. The molecule has 1 N–H and O–H groups in total. The second-order valence-corrected chi connectivity index (χ2v) is 7.85. The summed E-state index contributed by atoms with van der Waals surface area (Å²) in [5.41, 5.74) is 0. The Labute approximate surface area is 133 Å². The van der Waals surface area contributed by atoms with Gasteiger partial charge in [-0.3, -0.25) is 0 Å². The molecule has 1 aliphatic rings. The van der Waals surface area contributed by atoms with E-state index in [2.05, 4.69) is 25.6 Å². The Balaban J connectivity index is 1.82. The second kappa shape index (κ2) is 7.67. The lowest BCUT2D eigenvalue weighted by Gasteiger charge is -2.26. The molecule has 1 saturated heterocycles.